The lowest BCUT2D eigenvalue weighted by atomic mass is 10.1. The summed E-state index contributed by atoms with van der Waals surface area (Å²) in [5.74, 6) is 4.32. The highest BCUT2D eigenvalue weighted by molar-refractivity contribution is 5.94. The summed E-state index contributed by atoms with van der Waals surface area (Å²) in [5.41, 5.74) is 5.77. The molecule has 0 spiro atoms. The zero-order valence-corrected chi connectivity index (χ0v) is 11.9. The molecule has 0 aliphatic carbocycles. The van der Waals surface area contributed by atoms with E-state index in [1.54, 1.807) is 7.11 Å². The normalized spacial score (nSPS) is 9.86. The first-order chi connectivity index (χ1) is 10.2. The molecule has 0 bridgehead atoms. The van der Waals surface area contributed by atoms with Gasteiger partial charge in [0.2, 0.25) is 0 Å². The highest BCUT2D eigenvalue weighted by Gasteiger charge is 2.11. The summed E-state index contributed by atoms with van der Waals surface area (Å²) in [4.78, 5) is 11.9. The van der Waals surface area contributed by atoms with Crippen molar-refractivity contribution in [1.82, 2.24) is 5.32 Å². The molecule has 114 valence electrons. The summed E-state index contributed by atoms with van der Waals surface area (Å²) in [6, 6.07) is 4.12. The summed E-state index contributed by atoms with van der Waals surface area (Å²) < 4.78 is 23.7. The molecule has 0 saturated carbocycles. The number of hydrogen-bond acceptors (Lipinski definition) is 4. The van der Waals surface area contributed by atoms with Crippen LogP contribution in [0.2, 0.25) is 0 Å². The Bertz CT molecular complexity index is 523. The van der Waals surface area contributed by atoms with Gasteiger partial charge in [-0.3, -0.25) is 4.79 Å². The van der Waals surface area contributed by atoms with Gasteiger partial charge in [0.05, 0.1) is 31.9 Å². The van der Waals surface area contributed by atoms with Crippen molar-refractivity contribution in [2.45, 2.75) is 0 Å². The van der Waals surface area contributed by atoms with E-state index in [-0.39, 0.29) is 12.1 Å². The van der Waals surface area contributed by atoms with E-state index in [0.717, 1.165) is 0 Å². The highest BCUT2D eigenvalue weighted by Crippen LogP contribution is 2.09. The van der Waals surface area contributed by atoms with Gasteiger partial charge in [-0.05, 0) is 18.2 Å². The number of nitrogens with one attached hydrogen (secondary N) is 1. The van der Waals surface area contributed by atoms with E-state index in [0.29, 0.717) is 31.9 Å². The van der Waals surface area contributed by atoms with Crippen LogP contribution in [-0.2, 0) is 9.47 Å². The number of ether oxygens (including phenoxy) is 2. The van der Waals surface area contributed by atoms with E-state index in [1.165, 1.54) is 18.2 Å². The number of halogens is 1. The number of nitrogens with two attached hydrogens (primary N) is 1. The van der Waals surface area contributed by atoms with Gasteiger partial charge in [0, 0.05) is 19.2 Å². The van der Waals surface area contributed by atoms with Crippen molar-refractivity contribution in [1.29, 1.82) is 0 Å². The average molecular weight is 294 g/mol. The fraction of sp³-hybridized carbons (Fsp3) is 0.400. The summed E-state index contributed by atoms with van der Waals surface area (Å²) in [5, 5.41) is 2.58. The molecule has 1 amide bonds. The van der Waals surface area contributed by atoms with Gasteiger partial charge in [-0.1, -0.05) is 11.8 Å². The molecule has 0 heterocycles. The summed E-state index contributed by atoms with van der Waals surface area (Å²) in [6.07, 6.45) is 0. The van der Waals surface area contributed by atoms with E-state index < -0.39 is 11.7 Å². The van der Waals surface area contributed by atoms with Crippen molar-refractivity contribution >= 4 is 5.91 Å². The van der Waals surface area contributed by atoms with Crippen molar-refractivity contribution < 1.29 is 18.7 Å². The fourth-order valence-corrected chi connectivity index (χ4v) is 1.51. The Balaban J connectivity index is 2.53. The highest BCUT2D eigenvalue weighted by atomic mass is 19.1. The minimum Gasteiger partial charge on any atom is -0.382 e. The van der Waals surface area contributed by atoms with Crippen LogP contribution in [0.15, 0.2) is 18.2 Å². The minimum absolute atomic E-state index is 0.0456. The first kappa shape index (κ1) is 17.1. The Kier molecular flexibility index (Phi) is 8.05. The van der Waals surface area contributed by atoms with Crippen molar-refractivity contribution in [3.63, 3.8) is 0 Å². The van der Waals surface area contributed by atoms with Gasteiger partial charge in [-0.25, -0.2) is 4.39 Å². The molecule has 0 aromatic heterocycles. The third-order valence-electron chi connectivity index (χ3n) is 2.51. The molecule has 0 unspecified atom stereocenters. The lowest BCUT2D eigenvalue weighted by Gasteiger charge is -2.07. The summed E-state index contributed by atoms with van der Waals surface area (Å²) in [7, 11) is 1.58. The Morgan fingerprint density at radius 3 is 2.90 bits per heavy atom. The maximum atomic E-state index is 13.6. The van der Waals surface area contributed by atoms with Crippen molar-refractivity contribution in [2.24, 2.45) is 5.73 Å². The Labute approximate surface area is 123 Å². The molecular weight excluding hydrogens is 275 g/mol. The van der Waals surface area contributed by atoms with Crippen molar-refractivity contribution in [3.8, 4) is 11.8 Å². The van der Waals surface area contributed by atoms with Crippen LogP contribution >= 0.6 is 0 Å². The van der Waals surface area contributed by atoms with E-state index in [1.807, 2.05) is 0 Å². The van der Waals surface area contributed by atoms with Crippen LogP contribution in [0.1, 0.15) is 15.9 Å². The largest absolute Gasteiger partial charge is 0.382 e. The Morgan fingerprint density at radius 1 is 1.38 bits per heavy atom. The molecular formula is C15H19FN2O3. The van der Waals surface area contributed by atoms with Crippen molar-refractivity contribution in [3.05, 3.63) is 35.1 Å². The molecule has 5 nitrogen and oxygen atoms in total. The average Bonchev–Trinajstić information content (AvgIpc) is 2.49. The van der Waals surface area contributed by atoms with Gasteiger partial charge >= 0.3 is 0 Å². The van der Waals surface area contributed by atoms with Crippen LogP contribution in [0.3, 0.4) is 0 Å². The second-order valence-electron chi connectivity index (χ2n) is 4.06. The van der Waals surface area contributed by atoms with Gasteiger partial charge in [0.1, 0.15) is 5.82 Å². The number of hydrogen-bond donors (Lipinski definition) is 2. The molecule has 6 heteroatoms. The van der Waals surface area contributed by atoms with E-state index in [9.17, 15) is 9.18 Å². The number of amides is 1. The number of rotatable bonds is 7. The number of carbonyl (C=O) groups excluding carboxylic acids is 1. The lowest BCUT2D eigenvalue weighted by molar-refractivity contribution is 0.0692. The van der Waals surface area contributed by atoms with E-state index >= 15 is 0 Å². The van der Waals surface area contributed by atoms with Crippen molar-refractivity contribution in [2.75, 3.05) is 40.0 Å². The molecule has 0 atom stereocenters. The first-order valence-corrected chi connectivity index (χ1v) is 6.52. The predicted molar refractivity (Wildman–Crippen MR) is 77.4 cm³/mol. The molecule has 0 aliphatic heterocycles. The second-order valence-corrected chi connectivity index (χ2v) is 4.06. The smallest absolute Gasteiger partial charge is 0.254 e. The SMILES string of the molecule is COCCOCCNC(=O)c1cc(C#CCN)ccc1F. The maximum absolute atomic E-state index is 13.6. The molecule has 0 saturated heterocycles. The Hall–Kier alpha value is -1.94. The molecule has 0 aliphatic rings. The van der Waals surface area contributed by atoms with E-state index in [2.05, 4.69) is 17.2 Å². The van der Waals surface area contributed by atoms with E-state index in [4.69, 9.17) is 15.2 Å². The van der Waals surface area contributed by atoms with Gasteiger partial charge in [-0.2, -0.15) is 0 Å². The predicted octanol–water partition coefficient (Wildman–Crippen LogP) is 0.529. The monoisotopic (exact) mass is 294 g/mol. The molecule has 3 N–H and O–H groups in total. The standard InChI is InChI=1S/C15H19FN2O3/c1-20-9-10-21-8-7-18-15(19)13-11-12(3-2-6-17)4-5-14(13)16/h4-5,11H,6-10,17H2,1H3,(H,18,19). The van der Waals surface area contributed by atoms with Crippen LogP contribution in [0.4, 0.5) is 4.39 Å². The van der Waals surface area contributed by atoms with Crippen LogP contribution in [0.25, 0.3) is 0 Å². The topological polar surface area (TPSA) is 73.6 Å². The molecule has 0 radical (unpaired) electrons. The summed E-state index contributed by atoms with van der Waals surface area (Å²) in [6.45, 7) is 1.77. The molecule has 1 rings (SSSR count). The Morgan fingerprint density at radius 2 is 2.19 bits per heavy atom. The molecule has 0 fully saturated rings. The zero-order valence-electron chi connectivity index (χ0n) is 11.9. The van der Waals surface area contributed by atoms with Gasteiger partial charge in [0.25, 0.3) is 5.91 Å². The zero-order chi connectivity index (χ0) is 15.5. The minimum atomic E-state index is -0.592. The number of carbonyl (C=O) groups is 1. The van der Waals surface area contributed by atoms with Crippen LogP contribution < -0.4 is 11.1 Å². The third-order valence-corrected chi connectivity index (χ3v) is 2.51. The fourth-order valence-electron chi connectivity index (χ4n) is 1.51. The molecule has 1 aromatic carbocycles. The van der Waals surface area contributed by atoms with Gasteiger partial charge < -0.3 is 20.5 Å². The number of benzene rings is 1. The van der Waals surface area contributed by atoms with Gasteiger partial charge in [-0.15, -0.1) is 0 Å². The van der Waals surface area contributed by atoms with Gasteiger partial charge in [0.15, 0.2) is 0 Å². The van der Waals surface area contributed by atoms with Crippen LogP contribution in [-0.4, -0.2) is 45.9 Å². The first-order valence-electron chi connectivity index (χ1n) is 6.52. The molecule has 1 aromatic rings. The second kappa shape index (κ2) is 9.88. The lowest BCUT2D eigenvalue weighted by Crippen LogP contribution is -2.28. The maximum Gasteiger partial charge on any atom is 0.254 e. The van der Waals surface area contributed by atoms with Crippen LogP contribution in [0.5, 0.6) is 0 Å². The number of methoxy groups -OCH3 is 1. The van der Waals surface area contributed by atoms with Crippen LogP contribution in [0, 0.1) is 17.7 Å². The summed E-state index contributed by atoms with van der Waals surface area (Å²) >= 11 is 0. The third kappa shape index (κ3) is 6.36. The quantitative estimate of drug-likeness (QED) is 0.568. The molecule has 21 heavy (non-hydrogen) atoms.